The molecule has 0 aliphatic carbocycles. The summed E-state index contributed by atoms with van der Waals surface area (Å²) in [7, 11) is 0. The molecule has 1 aromatic carbocycles. The minimum atomic E-state index is 0.678. The van der Waals surface area contributed by atoms with E-state index in [0.717, 1.165) is 33.7 Å². The van der Waals surface area contributed by atoms with Gasteiger partial charge in [-0.25, -0.2) is 14.5 Å². The predicted octanol–water partition coefficient (Wildman–Crippen LogP) is 4.01. The summed E-state index contributed by atoms with van der Waals surface area (Å²) < 4.78 is 1.83. The summed E-state index contributed by atoms with van der Waals surface area (Å²) in [6.45, 7) is 0. The lowest BCUT2D eigenvalue weighted by Crippen LogP contribution is -1.99. The number of nitrogens with zero attached hydrogens (tertiary/aromatic N) is 5. The predicted molar refractivity (Wildman–Crippen MR) is 97.0 cm³/mol. The first kappa shape index (κ1) is 13.8. The molecule has 0 atom stereocenters. The quantitative estimate of drug-likeness (QED) is 0.492. The van der Waals surface area contributed by atoms with Gasteiger partial charge in [0.2, 0.25) is 0 Å². The average Bonchev–Trinajstić information content (AvgIpc) is 3.07. The van der Waals surface area contributed by atoms with E-state index in [-0.39, 0.29) is 0 Å². The van der Waals surface area contributed by atoms with Crippen molar-refractivity contribution in [1.29, 1.82) is 0 Å². The van der Waals surface area contributed by atoms with Crippen molar-refractivity contribution in [3.05, 3.63) is 79.1 Å². The van der Waals surface area contributed by atoms with Gasteiger partial charge < -0.3 is 0 Å². The summed E-state index contributed by atoms with van der Waals surface area (Å²) >= 11 is 0. The Kier molecular flexibility index (Phi) is 3.03. The second kappa shape index (κ2) is 5.49. The highest BCUT2D eigenvalue weighted by Gasteiger charge is 2.15. The summed E-state index contributed by atoms with van der Waals surface area (Å²) in [5, 5.41) is 5.56. The number of aromatic nitrogens is 5. The molecule has 0 bridgehead atoms. The SMILES string of the molecule is c1ccc(-c2cc(-c3ccccn3)n3nc4ncccc4c3n2)cc1. The third-order valence-electron chi connectivity index (χ3n) is 4.15. The van der Waals surface area contributed by atoms with Crippen LogP contribution in [0.3, 0.4) is 0 Å². The fraction of sp³-hybridized carbons (Fsp3) is 0. The molecule has 4 aromatic heterocycles. The first-order valence-electron chi connectivity index (χ1n) is 8.01. The number of pyridine rings is 2. The van der Waals surface area contributed by atoms with Gasteiger partial charge in [-0.05, 0) is 30.3 Å². The zero-order chi connectivity index (χ0) is 16.6. The van der Waals surface area contributed by atoms with Crippen molar-refractivity contribution in [1.82, 2.24) is 24.6 Å². The van der Waals surface area contributed by atoms with Gasteiger partial charge in [-0.15, -0.1) is 5.10 Å². The number of benzene rings is 1. The smallest absolute Gasteiger partial charge is 0.183 e. The normalized spacial score (nSPS) is 11.2. The van der Waals surface area contributed by atoms with Crippen LogP contribution in [-0.4, -0.2) is 24.6 Å². The van der Waals surface area contributed by atoms with E-state index in [1.165, 1.54) is 0 Å². The van der Waals surface area contributed by atoms with Crippen molar-refractivity contribution in [2.75, 3.05) is 0 Å². The second-order valence-electron chi connectivity index (χ2n) is 5.72. The topological polar surface area (TPSA) is 56.0 Å². The van der Waals surface area contributed by atoms with Crippen molar-refractivity contribution in [2.45, 2.75) is 0 Å². The van der Waals surface area contributed by atoms with Crippen molar-refractivity contribution < 1.29 is 0 Å². The van der Waals surface area contributed by atoms with E-state index in [1.54, 1.807) is 12.4 Å². The lowest BCUT2D eigenvalue weighted by molar-refractivity contribution is 0.951. The van der Waals surface area contributed by atoms with Gasteiger partial charge in [-0.2, -0.15) is 0 Å². The zero-order valence-corrected chi connectivity index (χ0v) is 13.2. The molecule has 25 heavy (non-hydrogen) atoms. The van der Waals surface area contributed by atoms with Crippen molar-refractivity contribution in [2.24, 2.45) is 0 Å². The lowest BCUT2D eigenvalue weighted by atomic mass is 10.1. The molecule has 0 amide bonds. The number of hydrogen-bond acceptors (Lipinski definition) is 4. The summed E-state index contributed by atoms with van der Waals surface area (Å²) in [4.78, 5) is 13.7. The standard InChI is InChI=1S/C20H13N5/c1-2-7-14(8-3-1)17-13-18(16-10-4-5-11-21-16)25-20(23-17)15-9-6-12-22-19(15)24-25/h1-13H. The van der Waals surface area contributed by atoms with E-state index in [2.05, 4.69) is 27.2 Å². The molecule has 5 heteroatoms. The third-order valence-corrected chi connectivity index (χ3v) is 4.15. The van der Waals surface area contributed by atoms with Crippen LogP contribution in [0, 0.1) is 0 Å². The molecule has 0 spiro atoms. The van der Waals surface area contributed by atoms with E-state index in [1.807, 2.05) is 59.1 Å². The Morgan fingerprint density at radius 3 is 2.40 bits per heavy atom. The Bertz CT molecular complexity index is 1180. The molecule has 0 unspecified atom stereocenters. The molecule has 0 aliphatic heterocycles. The third kappa shape index (κ3) is 2.25. The van der Waals surface area contributed by atoms with Crippen LogP contribution in [-0.2, 0) is 0 Å². The highest BCUT2D eigenvalue weighted by Crippen LogP contribution is 2.27. The Labute approximate surface area is 143 Å². The minimum absolute atomic E-state index is 0.678. The second-order valence-corrected chi connectivity index (χ2v) is 5.72. The van der Waals surface area contributed by atoms with Crippen LogP contribution in [0.2, 0.25) is 0 Å². The van der Waals surface area contributed by atoms with Crippen LogP contribution < -0.4 is 0 Å². The molecule has 5 aromatic rings. The summed E-state index contributed by atoms with van der Waals surface area (Å²) in [5.41, 5.74) is 5.14. The molecule has 0 radical (unpaired) electrons. The Balaban J connectivity index is 1.90. The largest absolute Gasteiger partial charge is 0.255 e. The fourth-order valence-electron chi connectivity index (χ4n) is 2.97. The Hall–Kier alpha value is -3.60. The van der Waals surface area contributed by atoms with Gasteiger partial charge in [0.05, 0.1) is 22.5 Å². The maximum absolute atomic E-state index is 4.85. The molecule has 0 saturated heterocycles. The Morgan fingerprint density at radius 2 is 1.56 bits per heavy atom. The molecule has 5 nitrogen and oxygen atoms in total. The molecule has 5 rings (SSSR count). The van der Waals surface area contributed by atoms with Crippen molar-refractivity contribution in [3.63, 3.8) is 0 Å². The molecule has 0 fully saturated rings. The fourth-order valence-corrected chi connectivity index (χ4v) is 2.97. The van der Waals surface area contributed by atoms with Gasteiger partial charge in [0.15, 0.2) is 11.3 Å². The highest BCUT2D eigenvalue weighted by atomic mass is 15.3. The lowest BCUT2D eigenvalue weighted by Gasteiger charge is -2.08. The Morgan fingerprint density at radius 1 is 0.720 bits per heavy atom. The van der Waals surface area contributed by atoms with E-state index < -0.39 is 0 Å². The first-order valence-corrected chi connectivity index (χ1v) is 8.01. The number of fused-ring (bicyclic) bond motifs is 3. The van der Waals surface area contributed by atoms with Gasteiger partial charge in [0.25, 0.3) is 0 Å². The summed E-state index contributed by atoms with van der Waals surface area (Å²) in [6.07, 6.45) is 3.53. The van der Waals surface area contributed by atoms with Crippen LogP contribution in [0.1, 0.15) is 0 Å². The maximum atomic E-state index is 4.85. The minimum Gasteiger partial charge on any atom is -0.255 e. The van der Waals surface area contributed by atoms with E-state index in [9.17, 15) is 0 Å². The molecule has 118 valence electrons. The zero-order valence-electron chi connectivity index (χ0n) is 13.2. The maximum Gasteiger partial charge on any atom is 0.183 e. The van der Waals surface area contributed by atoms with Crippen molar-refractivity contribution in [3.8, 4) is 22.6 Å². The summed E-state index contributed by atoms with van der Waals surface area (Å²) in [5.74, 6) is 0. The molecule has 0 N–H and O–H groups in total. The summed E-state index contributed by atoms with van der Waals surface area (Å²) in [6, 6.07) is 21.9. The van der Waals surface area contributed by atoms with E-state index in [0.29, 0.717) is 5.65 Å². The van der Waals surface area contributed by atoms with Gasteiger partial charge in [0.1, 0.15) is 0 Å². The molecular weight excluding hydrogens is 310 g/mol. The molecule has 0 aliphatic rings. The van der Waals surface area contributed by atoms with E-state index in [4.69, 9.17) is 4.98 Å². The monoisotopic (exact) mass is 323 g/mol. The van der Waals surface area contributed by atoms with Crippen LogP contribution in [0.15, 0.2) is 79.1 Å². The number of rotatable bonds is 2. The van der Waals surface area contributed by atoms with Crippen molar-refractivity contribution >= 4 is 16.7 Å². The molecule has 0 saturated carbocycles. The van der Waals surface area contributed by atoms with Gasteiger partial charge in [-0.3, -0.25) is 4.98 Å². The van der Waals surface area contributed by atoms with E-state index >= 15 is 0 Å². The van der Waals surface area contributed by atoms with Gasteiger partial charge in [-0.1, -0.05) is 36.4 Å². The van der Waals surface area contributed by atoms with Crippen LogP contribution in [0.25, 0.3) is 39.3 Å². The van der Waals surface area contributed by atoms with Crippen LogP contribution in [0.4, 0.5) is 0 Å². The highest BCUT2D eigenvalue weighted by molar-refractivity contribution is 5.91. The van der Waals surface area contributed by atoms with Gasteiger partial charge in [0, 0.05) is 18.0 Å². The average molecular weight is 323 g/mol. The molecular formula is C20H13N5. The molecule has 4 heterocycles. The number of hydrogen-bond donors (Lipinski definition) is 0. The van der Waals surface area contributed by atoms with Crippen LogP contribution >= 0.6 is 0 Å². The van der Waals surface area contributed by atoms with Crippen LogP contribution in [0.5, 0.6) is 0 Å². The first-order chi connectivity index (χ1) is 12.4. The van der Waals surface area contributed by atoms with Gasteiger partial charge >= 0.3 is 0 Å².